The van der Waals surface area contributed by atoms with E-state index in [9.17, 15) is 4.39 Å². The largest absolute Gasteiger partial charge is 0.367 e. The van der Waals surface area contributed by atoms with Gasteiger partial charge in [0, 0.05) is 6.54 Å². The number of hydrogen-bond donors (Lipinski definition) is 2. The zero-order valence-corrected chi connectivity index (χ0v) is 9.46. The summed E-state index contributed by atoms with van der Waals surface area (Å²) in [6.45, 7) is 3.07. The molecule has 5 heteroatoms. The van der Waals surface area contributed by atoms with E-state index in [0.29, 0.717) is 18.1 Å². The lowest BCUT2D eigenvalue weighted by atomic mass is 10.0. The van der Waals surface area contributed by atoms with Gasteiger partial charge in [0.05, 0.1) is 5.69 Å². The minimum absolute atomic E-state index is 0.278. The van der Waals surface area contributed by atoms with E-state index < -0.39 is 0 Å². The van der Waals surface area contributed by atoms with Crippen molar-refractivity contribution >= 4 is 5.82 Å². The van der Waals surface area contributed by atoms with Crippen molar-refractivity contribution in [3.05, 3.63) is 17.8 Å². The van der Waals surface area contributed by atoms with Crippen LogP contribution in [0.5, 0.6) is 0 Å². The van der Waals surface area contributed by atoms with Crippen LogP contribution in [0.15, 0.2) is 6.33 Å². The third-order valence-electron chi connectivity index (χ3n) is 3.23. The Bertz CT molecular complexity index is 376. The summed E-state index contributed by atoms with van der Waals surface area (Å²) in [5, 5.41) is 3.06. The molecule has 1 aliphatic rings. The first kappa shape index (κ1) is 11.3. The molecule has 0 spiro atoms. The van der Waals surface area contributed by atoms with Crippen molar-refractivity contribution in [2.24, 2.45) is 11.1 Å². The van der Waals surface area contributed by atoms with Gasteiger partial charge in [-0.3, -0.25) is 0 Å². The molecule has 0 aromatic carbocycles. The Balaban J connectivity index is 1.97. The van der Waals surface area contributed by atoms with Crippen LogP contribution in [0.25, 0.3) is 0 Å². The van der Waals surface area contributed by atoms with Crippen LogP contribution in [0.3, 0.4) is 0 Å². The number of halogens is 1. The van der Waals surface area contributed by atoms with Crippen LogP contribution in [0.4, 0.5) is 10.2 Å². The van der Waals surface area contributed by atoms with Crippen molar-refractivity contribution in [1.29, 1.82) is 0 Å². The second kappa shape index (κ2) is 4.33. The fourth-order valence-electron chi connectivity index (χ4n) is 1.85. The van der Waals surface area contributed by atoms with Crippen LogP contribution < -0.4 is 11.1 Å². The summed E-state index contributed by atoms with van der Waals surface area (Å²) >= 11 is 0. The molecule has 0 bridgehead atoms. The highest BCUT2D eigenvalue weighted by Crippen LogP contribution is 2.48. The van der Waals surface area contributed by atoms with Gasteiger partial charge in [-0.25, -0.2) is 14.4 Å². The molecule has 1 aliphatic carbocycles. The maximum Gasteiger partial charge on any atom is 0.186 e. The lowest BCUT2D eigenvalue weighted by Crippen LogP contribution is -2.20. The van der Waals surface area contributed by atoms with Crippen LogP contribution in [0.1, 0.15) is 25.0 Å². The summed E-state index contributed by atoms with van der Waals surface area (Å²) in [6.07, 6.45) is 4.71. The number of aryl methyl sites for hydroxylation is 1. The number of nitrogens with one attached hydrogen (secondary N) is 1. The van der Waals surface area contributed by atoms with Gasteiger partial charge < -0.3 is 11.1 Å². The summed E-state index contributed by atoms with van der Waals surface area (Å²) in [5.74, 6) is -0.0538. The summed E-state index contributed by atoms with van der Waals surface area (Å²) in [7, 11) is 0. The van der Waals surface area contributed by atoms with Crippen molar-refractivity contribution in [2.45, 2.75) is 26.2 Å². The van der Waals surface area contributed by atoms with Crippen LogP contribution in [-0.4, -0.2) is 23.1 Å². The van der Waals surface area contributed by atoms with Gasteiger partial charge >= 0.3 is 0 Å². The molecule has 0 aliphatic heterocycles. The first-order chi connectivity index (χ1) is 7.67. The van der Waals surface area contributed by atoms with Gasteiger partial charge in [0.1, 0.15) is 6.33 Å². The average molecular weight is 224 g/mol. The van der Waals surface area contributed by atoms with E-state index in [2.05, 4.69) is 15.3 Å². The molecule has 1 saturated carbocycles. The molecule has 0 atom stereocenters. The zero-order chi connectivity index (χ0) is 11.6. The smallest absolute Gasteiger partial charge is 0.186 e. The highest BCUT2D eigenvalue weighted by atomic mass is 19.1. The number of nitrogens with zero attached hydrogens (tertiary/aromatic N) is 2. The van der Waals surface area contributed by atoms with Gasteiger partial charge in [-0.05, 0) is 38.1 Å². The molecular formula is C11H17FN4. The zero-order valence-electron chi connectivity index (χ0n) is 9.46. The molecule has 1 aromatic heterocycles. The number of anilines is 1. The van der Waals surface area contributed by atoms with E-state index in [0.717, 1.165) is 13.0 Å². The van der Waals surface area contributed by atoms with Crippen LogP contribution in [0, 0.1) is 18.2 Å². The molecule has 16 heavy (non-hydrogen) atoms. The fraction of sp³-hybridized carbons (Fsp3) is 0.636. The molecule has 4 nitrogen and oxygen atoms in total. The number of hydrogen-bond acceptors (Lipinski definition) is 4. The van der Waals surface area contributed by atoms with E-state index in [1.807, 2.05) is 0 Å². The Labute approximate surface area is 94.5 Å². The molecular weight excluding hydrogens is 207 g/mol. The predicted molar refractivity (Wildman–Crippen MR) is 60.6 cm³/mol. The summed E-state index contributed by atoms with van der Waals surface area (Å²) in [6, 6.07) is 0. The maximum absolute atomic E-state index is 13.6. The highest BCUT2D eigenvalue weighted by molar-refractivity contribution is 5.37. The maximum atomic E-state index is 13.6. The van der Waals surface area contributed by atoms with E-state index in [4.69, 9.17) is 5.73 Å². The normalized spacial score (nSPS) is 17.2. The predicted octanol–water partition coefficient (Wildman–Crippen LogP) is 1.47. The molecule has 2 rings (SSSR count). The minimum Gasteiger partial charge on any atom is -0.367 e. The summed E-state index contributed by atoms with van der Waals surface area (Å²) < 4.78 is 13.6. The lowest BCUT2D eigenvalue weighted by molar-refractivity contribution is 0.497. The van der Waals surface area contributed by atoms with Crippen LogP contribution in [-0.2, 0) is 0 Å². The number of rotatable bonds is 5. The van der Waals surface area contributed by atoms with Gasteiger partial charge in [0.25, 0.3) is 0 Å². The van der Waals surface area contributed by atoms with Crippen LogP contribution in [0.2, 0.25) is 0 Å². The summed E-state index contributed by atoms with van der Waals surface area (Å²) in [5.41, 5.74) is 6.20. The number of aromatic nitrogens is 2. The second-order valence-corrected chi connectivity index (χ2v) is 4.51. The molecule has 0 unspecified atom stereocenters. The highest BCUT2D eigenvalue weighted by Gasteiger charge is 2.41. The summed E-state index contributed by atoms with van der Waals surface area (Å²) in [4.78, 5) is 7.69. The Hall–Kier alpha value is -1.23. The second-order valence-electron chi connectivity index (χ2n) is 4.51. The van der Waals surface area contributed by atoms with Gasteiger partial charge in [0.2, 0.25) is 0 Å². The SMILES string of the molecule is Cc1ncnc(NCC2(CCN)CC2)c1F. The number of nitrogens with two attached hydrogens (primary N) is 1. The molecule has 0 saturated heterocycles. The van der Waals surface area contributed by atoms with Gasteiger partial charge in [-0.1, -0.05) is 0 Å². The fourth-order valence-corrected chi connectivity index (χ4v) is 1.85. The van der Waals surface area contributed by atoms with E-state index in [1.54, 1.807) is 6.92 Å². The van der Waals surface area contributed by atoms with Crippen molar-refractivity contribution in [2.75, 3.05) is 18.4 Å². The van der Waals surface area contributed by atoms with E-state index >= 15 is 0 Å². The molecule has 88 valence electrons. The third-order valence-corrected chi connectivity index (χ3v) is 3.23. The standard InChI is InChI=1S/C11H17FN4/c1-8-9(12)10(16-7-15-8)14-6-11(2-3-11)4-5-13/h7H,2-6,13H2,1H3,(H,14,15,16). The lowest BCUT2D eigenvalue weighted by Gasteiger charge is -2.15. The molecule has 1 aromatic rings. The molecule has 3 N–H and O–H groups in total. The van der Waals surface area contributed by atoms with Crippen molar-refractivity contribution in [1.82, 2.24) is 9.97 Å². The monoisotopic (exact) mass is 224 g/mol. The first-order valence-electron chi connectivity index (χ1n) is 5.58. The van der Waals surface area contributed by atoms with Crippen molar-refractivity contribution in [3.63, 3.8) is 0 Å². The van der Waals surface area contributed by atoms with Crippen molar-refractivity contribution < 1.29 is 4.39 Å². The Kier molecular flexibility index (Phi) is 3.05. The Morgan fingerprint density at radius 2 is 2.25 bits per heavy atom. The minimum atomic E-state index is -0.356. The first-order valence-corrected chi connectivity index (χ1v) is 5.58. The molecule has 0 amide bonds. The van der Waals surface area contributed by atoms with E-state index in [-0.39, 0.29) is 11.2 Å². The Morgan fingerprint density at radius 1 is 1.50 bits per heavy atom. The van der Waals surface area contributed by atoms with Crippen molar-refractivity contribution in [3.8, 4) is 0 Å². The van der Waals surface area contributed by atoms with Gasteiger partial charge in [-0.2, -0.15) is 0 Å². The average Bonchev–Trinajstić information content (AvgIpc) is 3.02. The molecule has 1 fully saturated rings. The topological polar surface area (TPSA) is 63.8 Å². The molecule has 1 heterocycles. The van der Waals surface area contributed by atoms with Crippen LogP contribution >= 0.6 is 0 Å². The van der Waals surface area contributed by atoms with Gasteiger partial charge in [0.15, 0.2) is 11.6 Å². The third kappa shape index (κ3) is 2.29. The quantitative estimate of drug-likeness (QED) is 0.795. The van der Waals surface area contributed by atoms with E-state index in [1.165, 1.54) is 19.2 Å². The molecule has 0 radical (unpaired) electrons. The Morgan fingerprint density at radius 3 is 2.88 bits per heavy atom. The van der Waals surface area contributed by atoms with Gasteiger partial charge in [-0.15, -0.1) is 0 Å².